The number of aryl methyl sites for hydroxylation is 1. The third-order valence-electron chi connectivity index (χ3n) is 5.97. The number of hydrogen-bond acceptors (Lipinski definition) is 5. The van der Waals surface area contributed by atoms with Gasteiger partial charge in [0.2, 0.25) is 0 Å². The molecule has 3 aromatic carbocycles. The number of benzene rings is 3. The number of para-hydroxylation sites is 2. The van der Waals surface area contributed by atoms with Crippen LogP contribution in [0.25, 0.3) is 21.1 Å². The minimum atomic E-state index is -0.346. The smallest absolute Gasteiger partial charge is 0.321 e. The van der Waals surface area contributed by atoms with Crippen LogP contribution in [0.4, 0.5) is 15.6 Å². The third kappa shape index (κ3) is 5.23. The zero-order valence-electron chi connectivity index (χ0n) is 20.2. The average Bonchev–Trinajstić information content (AvgIpc) is 3.46. The van der Waals surface area contributed by atoms with Crippen LogP contribution in [0.1, 0.15) is 21.5 Å². The Labute approximate surface area is 222 Å². The molecule has 0 aliphatic rings. The van der Waals surface area contributed by atoms with E-state index in [1.807, 2.05) is 49.5 Å². The summed E-state index contributed by atoms with van der Waals surface area (Å²) < 4.78 is 2.50. The van der Waals surface area contributed by atoms with Gasteiger partial charge in [0.15, 0.2) is 5.13 Å². The fraction of sp³-hybridized carbons (Fsp3) is 0.148. The van der Waals surface area contributed by atoms with Gasteiger partial charge >= 0.3 is 6.03 Å². The normalized spacial score (nSPS) is 11.0. The van der Waals surface area contributed by atoms with E-state index < -0.39 is 0 Å². The molecule has 2 aromatic heterocycles. The van der Waals surface area contributed by atoms with E-state index >= 15 is 0 Å². The number of amides is 3. The molecule has 8 nitrogen and oxygen atoms in total. The number of fused-ring (bicyclic) bond motifs is 2. The number of nitrogens with zero attached hydrogens (tertiary/aromatic N) is 2. The molecule has 37 heavy (non-hydrogen) atoms. The molecule has 5 rings (SSSR count). The predicted molar refractivity (Wildman–Crippen MR) is 149 cm³/mol. The Morgan fingerprint density at radius 1 is 1.08 bits per heavy atom. The van der Waals surface area contributed by atoms with Gasteiger partial charge in [-0.25, -0.2) is 9.78 Å². The first kappa shape index (κ1) is 24.6. The van der Waals surface area contributed by atoms with Crippen molar-refractivity contribution in [1.82, 2.24) is 15.0 Å². The molecule has 0 saturated heterocycles. The molecule has 10 heteroatoms. The lowest BCUT2D eigenvalue weighted by Gasteiger charge is -2.10. The molecule has 0 saturated carbocycles. The van der Waals surface area contributed by atoms with Gasteiger partial charge in [0.1, 0.15) is 7.11 Å². The number of rotatable bonds is 7. The van der Waals surface area contributed by atoms with Crippen LogP contribution in [-0.2, 0) is 6.42 Å². The number of anilines is 2. The van der Waals surface area contributed by atoms with Crippen LogP contribution in [0, 0.1) is 6.92 Å². The van der Waals surface area contributed by atoms with Crippen LogP contribution in [0.15, 0.2) is 66.9 Å². The minimum Gasteiger partial charge on any atom is -0.417 e. The van der Waals surface area contributed by atoms with Crippen molar-refractivity contribution in [2.75, 3.05) is 24.3 Å². The molecule has 0 fully saturated rings. The molecular weight excluding hydrogens is 510 g/mol. The first-order chi connectivity index (χ1) is 17.9. The quantitative estimate of drug-likeness (QED) is 0.243. The molecule has 0 atom stereocenters. The summed E-state index contributed by atoms with van der Waals surface area (Å²) in [4.78, 5) is 35.1. The molecule has 0 aliphatic heterocycles. The number of aromatic nitrogens is 2. The Balaban J connectivity index is 1.21. The van der Waals surface area contributed by atoms with Gasteiger partial charge in [0.05, 0.1) is 26.4 Å². The Kier molecular flexibility index (Phi) is 6.98. The van der Waals surface area contributed by atoms with Crippen molar-refractivity contribution >= 4 is 66.8 Å². The number of nitrogens with one attached hydrogen (secondary N) is 3. The van der Waals surface area contributed by atoms with Crippen molar-refractivity contribution in [1.29, 1.82) is 0 Å². The molecule has 0 bridgehead atoms. The van der Waals surface area contributed by atoms with Crippen molar-refractivity contribution in [3.63, 3.8) is 0 Å². The van der Waals surface area contributed by atoms with Gasteiger partial charge in [0.25, 0.3) is 5.91 Å². The van der Waals surface area contributed by atoms with Crippen LogP contribution in [0.3, 0.4) is 0 Å². The van der Waals surface area contributed by atoms with Gasteiger partial charge in [-0.3, -0.25) is 10.1 Å². The average molecular weight is 534 g/mol. The molecule has 188 valence electrons. The standard InChI is InChI=1S/C27H24ClN5O3S/c1-16-6-5-8-20(28)24(16)31-25(34)17-10-11-21-23(14-17)37-27(30-21)32-26(35)29-13-12-18-15-33(36-2)22-9-4-3-7-19(18)22/h3-11,14-15H,12-13H2,1-2H3,(H,31,34)(H2,29,30,32,35). The van der Waals surface area contributed by atoms with E-state index in [1.165, 1.54) is 11.3 Å². The van der Waals surface area contributed by atoms with Crippen molar-refractivity contribution in [3.8, 4) is 0 Å². The van der Waals surface area contributed by atoms with E-state index in [2.05, 4.69) is 20.9 Å². The molecule has 0 aliphatic carbocycles. The van der Waals surface area contributed by atoms with Gasteiger partial charge in [-0.2, -0.15) is 4.73 Å². The van der Waals surface area contributed by atoms with E-state index in [1.54, 1.807) is 36.1 Å². The highest BCUT2D eigenvalue weighted by Gasteiger charge is 2.14. The first-order valence-electron chi connectivity index (χ1n) is 11.6. The van der Waals surface area contributed by atoms with Crippen LogP contribution in [0.2, 0.25) is 5.02 Å². The molecule has 0 radical (unpaired) electrons. The molecule has 5 aromatic rings. The molecule has 0 spiro atoms. The molecule has 2 heterocycles. The number of thiazole rings is 1. The maximum absolute atomic E-state index is 12.8. The summed E-state index contributed by atoms with van der Waals surface area (Å²) in [5, 5.41) is 10.5. The molecule has 3 amide bonds. The molecule has 0 unspecified atom stereocenters. The summed E-state index contributed by atoms with van der Waals surface area (Å²) in [6.45, 7) is 2.33. The van der Waals surface area contributed by atoms with E-state index in [0.717, 1.165) is 26.7 Å². The van der Waals surface area contributed by atoms with Crippen molar-refractivity contribution in [3.05, 3.63) is 88.6 Å². The first-order valence-corrected chi connectivity index (χ1v) is 12.8. The highest BCUT2D eigenvalue weighted by atomic mass is 35.5. The van der Waals surface area contributed by atoms with Gasteiger partial charge in [0, 0.05) is 23.7 Å². The van der Waals surface area contributed by atoms with Gasteiger partial charge in [-0.1, -0.05) is 53.3 Å². The SMILES string of the molecule is COn1cc(CCNC(=O)Nc2nc3ccc(C(=O)Nc4c(C)cccc4Cl)cc3s2)c2ccccc21. The maximum Gasteiger partial charge on any atom is 0.321 e. The molecule has 3 N–H and O–H groups in total. The number of urea groups is 1. The van der Waals surface area contributed by atoms with Crippen LogP contribution in [-0.4, -0.2) is 35.3 Å². The van der Waals surface area contributed by atoms with Crippen molar-refractivity contribution in [2.24, 2.45) is 0 Å². The highest BCUT2D eigenvalue weighted by Crippen LogP contribution is 2.29. The Hall–Kier alpha value is -4.08. The number of halogens is 1. The number of hydrogen-bond donors (Lipinski definition) is 3. The molecular formula is C27H24ClN5O3S. The van der Waals surface area contributed by atoms with Crippen LogP contribution < -0.4 is 20.8 Å². The lowest BCUT2D eigenvalue weighted by Crippen LogP contribution is -2.30. The Morgan fingerprint density at radius 3 is 2.73 bits per heavy atom. The lowest BCUT2D eigenvalue weighted by atomic mass is 10.1. The minimum absolute atomic E-state index is 0.270. The van der Waals surface area contributed by atoms with E-state index in [9.17, 15) is 9.59 Å². The summed E-state index contributed by atoms with van der Waals surface area (Å²) in [5.74, 6) is -0.270. The van der Waals surface area contributed by atoms with Crippen LogP contribution in [0.5, 0.6) is 0 Å². The second kappa shape index (κ2) is 10.5. The zero-order valence-corrected chi connectivity index (χ0v) is 21.7. The van der Waals surface area contributed by atoms with Crippen LogP contribution >= 0.6 is 22.9 Å². The fourth-order valence-corrected chi connectivity index (χ4v) is 5.28. The van der Waals surface area contributed by atoms with Crippen molar-refractivity contribution < 1.29 is 14.4 Å². The van der Waals surface area contributed by atoms with Gasteiger partial charge < -0.3 is 15.5 Å². The second-order valence-corrected chi connectivity index (χ2v) is 9.84. The van der Waals surface area contributed by atoms with E-state index in [0.29, 0.717) is 39.9 Å². The topological polar surface area (TPSA) is 97.3 Å². The predicted octanol–water partition coefficient (Wildman–Crippen LogP) is 5.89. The largest absolute Gasteiger partial charge is 0.417 e. The summed E-state index contributed by atoms with van der Waals surface area (Å²) >= 11 is 7.54. The Bertz CT molecular complexity index is 1610. The van der Waals surface area contributed by atoms with Crippen molar-refractivity contribution in [2.45, 2.75) is 13.3 Å². The summed E-state index contributed by atoms with van der Waals surface area (Å²) in [6.07, 6.45) is 2.58. The fourth-order valence-electron chi connectivity index (χ4n) is 4.12. The third-order valence-corrected chi connectivity index (χ3v) is 7.22. The summed E-state index contributed by atoms with van der Waals surface area (Å²) in [6, 6.07) is 18.3. The number of carbonyl (C=O) groups excluding carboxylic acids is 2. The Morgan fingerprint density at radius 2 is 1.92 bits per heavy atom. The number of carbonyl (C=O) groups is 2. The van der Waals surface area contributed by atoms with E-state index in [-0.39, 0.29) is 11.9 Å². The van der Waals surface area contributed by atoms with E-state index in [4.69, 9.17) is 16.4 Å². The highest BCUT2D eigenvalue weighted by molar-refractivity contribution is 7.22. The monoisotopic (exact) mass is 533 g/mol. The zero-order chi connectivity index (χ0) is 25.9. The van der Waals surface area contributed by atoms with Gasteiger partial charge in [-0.05, 0) is 54.8 Å². The summed E-state index contributed by atoms with van der Waals surface area (Å²) in [5.41, 5.74) is 4.69. The van der Waals surface area contributed by atoms with Gasteiger partial charge in [-0.15, -0.1) is 0 Å². The second-order valence-electron chi connectivity index (χ2n) is 8.40. The maximum atomic E-state index is 12.8. The summed E-state index contributed by atoms with van der Waals surface area (Å²) in [7, 11) is 1.62. The lowest BCUT2D eigenvalue weighted by molar-refractivity contribution is 0.102.